The van der Waals surface area contributed by atoms with Crippen molar-refractivity contribution in [2.75, 3.05) is 6.61 Å². The van der Waals surface area contributed by atoms with Gasteiger partial charge in [0.05, 0.1) is 23.7 Å². The molecule has 4 rings (SSSR count). The maximum atomic E-state index is 13.0. The smallest absolute Gasteiger partial charge is 0.297 e. The minimum Gasteiger partial charge on any atom is -0.335 e. The Morgan fingerprint density at radius 1 is 1.05 bits per heavy atom. The number of rotatable bonds is 8. The third-order valence-corrected chi connectivity index (χ3v) is 8.68. The number of carbonyl (C=O) groups excluding carboxylic acids is 1. The van der Waals surface area contributed by atoms with Crippen molar-refractivity contribution in [3.8, 4) is 0 Å². The van der Waals surface area contributed by atoms with Gasteiger partial charge in [0.2, 0.25) is 5.79 Å². The molecule has 0 saturated heterocycles. The summed E-state index contributed by atoms with van der Waals surface area (Å²) in [4.78, 5) is 12.7. The number of ether oxygens (including phenoxy) is 2. The van der Waals surface area contributed by atoms with E-state index in [2.05, 4.69) is 39.8 Å². The Bertz CT molecular complexity index is 1360. The highest BCUT2D eigenvalue weighted by Gasteiger charge is 2.46. The number of benzene rings is 1. The Morgan fingerprint density at radius 3 is 2.46 bits per heavy atom. The highest BCUT2D eigenvalue weighted by Crippen LogP contribution is 2.43. The van der Waals surface area contributed by atoms with Crippen molar-refractivity contribution in [2.24, 2.45) is 5.92 Å². The van der Waals surface area contributed by atoms with E-state index in [0.29, 0.717) is 11.1 Å². The van der Waals surface area contributed by atoms with Crippen molar-refractivity contribution in [1.82, 2.24) is 0 Å². The highest BCUT2D eigenvalue weighted by atomic mass is 32.2. The van der Waals surface area contributed by atoms with E-state index in [9.17, 15) is 13.2 Å². The number of hydrogen-bond acceptors (Lipinski definition) is 6. The predicted molar refractivity (Wildman–Crippen MR) is 153 cm³/mol. The zero-order chi connectivity index (χ0) is 28.4. The van der Waals surface area contributed by atoms with Crippen molar-refractivity contribution >= 4 is 15.9 Å². The molecule has 0 bridgehead atoms. The zero-order valence-corrected chi connectivity index (χ0v) is 24.6. The van der Waals surface area contributed by atoms with Crippen molar-refractivity contribution in [3.63, 3.8) is 0 Å². The van der Waals surface area contributed by atoms with Crippen LogP contribution in [0.5, 0.6) is 0 Å². The van der Waals surface area contributed by atoms with Crippen LogP contribution in [0.3, 0.4) is 0 Å². The molecule has 0 saturated carbocycles. The minimum atomic E-state index is -3.99. The molecule has 4 atom stereocenters. The van der Waals surface area contributed by atoms with Crippen molar-refractivity contribution in [3.05, 3.63) is 88.1 Å². The minimum absolute atomic E-state index is 0.0205. The van der Waals surface area contributed by atoms with Gasteiger partial charge in [-0.1, -0.05) is 46.6 Å². The summed E-state index contributed by atoms with van der Waals surface area (Å²) in [6, 6.07) is 6.55. The van der Waals surface area contributed by atoms with Gasteiger partial charge in [-0.15, -0.1) is 0 Å². The molecule has 6 nitrogen and oxygen atoms in total. The van der Waals surface area contributed by atoms with Crippen molar-refractivity contribution < 1.29 is 26.9 Å². The molecule has 0 unspecified atom stereocenters. The normalized spacial score (nSPS) is 27.4. The van der Waals surface area contributed by atoms with Crippen LogP contribution in [0.25, 0.3) is 0 Å². The SMILES string of the molecule is CC(C)=CCCC(C)=C[C@@H]1CC(C)=C[C@]2(C=C(COS(=O)(=O)c3ccc(C)cc3)[C@H]3CC(=O)C(C)=C[C@H]3O2)O1. The van der Waals surface area contributed by atoms with Crippen LogP contribution in [0.1, 0.15) is 65.9 Å². The Hall–Kier alpha value is -2.58. The van der Waals surface area contributed by atoms with Crippen molar-refractivity contribution in [2.45, 2.75) is 90.1 Å². The molecule has 39 heavy (non-hydrogen) atoms. The highest BCUT2D eigenvalue weighted by molar-refractivity contribution is 7.86. The van der Waals surface area contributed by atoms with Gasteiger partial charge in [0, 0.05) is 12.3 Å². The number of fused-ring (bicyclic) bond motifs is 1. The molecule has 1 aromatic rings. The first kappa shape index (κ1) is 29.4. The molecule has 7 heteroatoms. The fourth-order valence-electron chi connectivity index (χ4n) is 5.32. The van der Waals surface area contributed by atoms with Gasteiger partial charge in [-0.25, -0.2) is 0 Å². The molecule has 1 aliphatic carbocycles. The molecule has 1 spiro atoms. The summed E-state index contributed by atoms with van der Waals surface area (Å²) < 4.78 is 44.6. The van der Waals surface area contributed by atoms with E-state index in [0.717, 1.165) is 30.4 Å². The molecule has 2 aliphatic heterocycles. The summed E-state index contributed by atoms with van der Waals surface area (Å²) in [7, 11) is -3.99. The zero-order valence-electron chi connectivity index (χ0n) is 23.8. The summed E-state index contributed by atoms with van der Waals surface area (Å²) >= 11 is 0. The van der Waals surface area contributed by atoms with Crippen LogP contribution in [0.4, 0.5) is 0 Å². The molecular formula is C32H40O6S. The lowest BCUT2D eigenvalue weighted by atomic mass is 9.79. The van der Waals surface area contributed by atoms with Gasteiger partial charge in [-0.05, 0) is 102 Å². The first-order chi connectivity index (χ1) is 18.4. The second-order valence-corrected chi connectivity index (χ2v) is 12.9. The monoisotopic (exact) mass is 552 g/mol. The lowest BCUT2D eigenvalue weighted by molar-refractivity contribution is -0.224. The molecule has 0 fully saturated rings. The maximum absolute atomic E-state index is 13.0. The van der Waals surface area contributed by atoms with Gasteiger partial charge in [0.15, 0.2) is 5.78 Å². The van der Waals surface area contributed by atoms with E-state index in [1.165, 1.54) is 23.3 Å². The van der Waals surface area contributed by atoms with Gasteiger partial charge in [-0.2, -0.15) is 8.42 Å². The van der Waals surface area contributed by atoms with Crippen LogP contribution in [0, 0.1) is 12.8 Å². The summed E-state index contributed by atoms with van der Waals surface area (Å²) in [5.74, 6) is -1.47. The van der Waals surface area contributed by atoms with Gasteiger partial charge in [0.25, 0.3) is 10.1 Å². The Morgan fingerprint density at radius 2 is 1.77 bits per heavy atom. The van der Waals surface area contributed by atoms with E-state index in [4.69, 9.17) is 13.7 Å². The van der Waals surface area contributed by atoms with Crippen LogP contribution < -0.4 is 0 Å². The third-order valence-electron chi connectivity index (χ3n) is 7.40. The fraction of sp³-hybridized carbons (Fsp3) is 0.469. The average molecular weight is 553 g/mol. The van der Waals surface area contributed by atoms with Crippen LogP contribution in [0.2, 0.25) is 0 Å². The lowest BCUT2D eigenvalue weighted by Crippen LogP contribution is -2.49. The molecule has 210 valence electrons. The topological polar surface area (TPSA) is 78.9 Å². The second kappa shape index (κ2) is 11.9. The standard InChI is InChI=1S/C32H40O6S/c1-21(2)8-7-9-23(4)14-27-15-24(5)18-32(37-27)19-26(29-17-30(33)25(6)16-31(29)38-32)20-36-39(34,35)28-12-10-22(3)11-13-28/h8,10-14,16,18-19,27,29,31H,7,9,15,17,20H2,1-6H3/t27-,29-,31-,32+/m1/s1. The number of allylic oxidation sites excluding steroid dienone is 4. The molecule has 0 radical (unpaired) electrons. The summed E-state index contributed by atoms with van der Waals surface area (Å²) in [5.41, 5.74) is 5.96. The molecule has 0 aromatic heterocycles. The van der Waals surface area contributed by atoms with E-state index < -0.39 is 22.0 Å². The third kappa shape index (κ3) is 7.34. The van der Waals surface area contributed by atoms with Crippen LogP contribution in [-0.2, 0) is 28.6 Å². The van der Waals surface area contributed by atoms with E-state index in [-0.39, 0.29) is 35.7 Å². The van der Waals surface area contributed by atoms with Gasteiger partial charge < -0.3 is 9.47 Å². The van der Waals surface area contributed by atoms with Crippen LogP contribution in [-0.4, -0.2) is 38.8 Å². The van der Waals surface area contributed by atoms with E-state index in [1.807, 2.05) is 25.2 Å². The lowest BCUT2D eigenvalue weighted by Gasteiger charge is -2.45. The quantitative estimate of drug-likeness (QED) is 0.264. The van der Waals surface area contributed by atoms with Gasteiger partial charge in [0.1, 0.15) is 0 Å². The maximum Gasteiger partial charge on any atom is 0.297 e. The Kier molecular flexibility index (Phi) is 8.96. The molecule has 1 aromatic carbocycles. The van der Waals surface area contributed by atoms with Gasteiger partial charge >= 0.3 is 0 Å². The molecule has 2 heterocycles. The summed E-state index contributed by atoms with van der Waals surface area (Å²) in [6.07, 6.45) is 12.3. The number of hydrogen-bond donors (Lipinski definition) is 0. The number of ketones is 1. The number of aryl methyl sites for hydroxylation is 1. The molecule has 0 amide bonds. The molecule has 3 aliphatic rings. The summed E-state index contributed by atoms with van der Waals surface area (Å²) in [6.45, 7) is 11.9. The van der Waals surface area contributed by atoms with Crippen LogP contribution >= 0.6 is 0 Å². The Balaban J connectivity index is 1.62. The first-order valence-corrected chi connectivity index (χ1v) is 15.0. The fourth-order valence-corrected chi connectivity index (χ4v) is 6.22. The van der Waals surface area contributed by atoms with Crippen molar-refractivity contribution in [1.29, 1.82) is 0 Å². The average Bonchev–Trinajstić information content (AvgIpc) is 2.83. The van der Waals surface area contributed by atoms with Crippen LogP contribution in [0.15, 0.2) is 87.4 Å². The second-order valence-electron chi connectivity index (χ2n) is 11.3. The van der Waals surface area contributed by atoms with Gasteiger partial charge in [-0.3, -0.25) is 8.98 Å². The van der Waals surface area contributed by atoms with E-state index >= 15 is 0 Å². The van der Waals surface area contributed by atoms with E-state index in [1.54, 1.807) is 19.1 Å². The molecular weight excluding hydrogens is 512 g/mol. The number of carbonyl (C=O) groups is 1. The molecule has 0 N–H and O–H groups in total. The first-order valence-electron chi connectivity index (χ1n) is 13.6. The predicted octanol–water partition coefficient (Wildman–Crippen LogP) is 6.69. The Labute approximate surface area is 233 Å². The number of Topliss-reactive ketones (excluding diaryl/α,β-unsaturated/α-hetero) is 1. The summed E-state index contributed by atoms with van der Waals surface area (Å²) in [5, 5.41) is 0. The largest absolute Gasteiger partial charge is 0.335 e.